The first-order valence-corrected chi connectivity index (χ1v) is 11.1. The van der Waals surface area contributed by atoms with Crippen molar-refractivity contribution in [2.75, 3.05) is 30.9 Å². The van der Waals surface area contributed by atoms with Crippen molar-refractivity contribution in [3.05, 3.63) is 90.0 Å². The molecule has 1 N–H and O–H groups in total. The number of para-hydroxylation sites is 2. The van der Waals surface area contributed by atoms with Gasteiger partial charge in [-0.05, 0) is 42.0 Å². The lowest BCUT2D eigenvalue weighted by atomic mass is 10.0. The van der Waals surface area contributed by atoms with E-state index in [1.54, 1.807) is 17.0 Å². The van der Waals surface area contributed by atoms with Crippen molar-refractivity contribution in [1.29, 1.82) is 0 Å². The number of carbonyl (C=O) groups excluding carboxylic acids is 1. The van der Waals surface area contributed by atoms with E-state index in [9.17, 15) is 13.2 Å². The molecule has 0 fully saturated rings. The van der Waals surface area contributed by atoms with Crippen LogP contribution >= 0.6 is 0 Å². The first kappa shape index (κ1) is 20.1. The number of hydrogen-bond donors (Lipinski definition) is 1. The van der Waals surface area contributed by atoms with Crippen LogP contribution in [0.5, 0.6) is 0 Å². The molecule has 0 saturated heterocycles. The molecular weight excluding hydrogens is 398 g/mol. The molecule has 0 aliphatic carbocycles. The van der Waals surface area contributed by atoms with Gasteiger partial charge < -0.3 is 10.2 Å². The molecular formula is C23H23N3O3S. The second-order valence-electron chi connectivity index (χ2n) is 7.35. The van der Waals surface area contributed by atoms with Crippen LogP contribution in [0.25, 0.3) is 0 Å². The Morgan fingerprint density at radius 2 is 1.57 bits per heavy atom. The Hall–Kier alpha value is -3.16. The number of amides is 1. The minimum atomic E-state index is -3.54. The molecule has 154 valence electrons. The minimum absolute atomic E-state index is 0.0431. The van der Waals surface area contributed by atoms with Gasteiger partial charge in [-0.15, -0.1) is 0 Å². The van der Waals surface area contributed by atoms with Crippen LogP contribution in [0.4, 0.5) is 11.4 Å². The average molecular weight is 422 g/mol. The fourth-order valence-corrected chi connectivity index (χ4v) is 4.45. The van der Waals surface area contributed by atoms with E-state index >= 15 is 0 Å². The Morgan fingerprint density at radius 3 is 2.23 bits per heavy atom. The van der Waals surface area contributed by atoms with Gasteiger partial charge in [-0.25, -0.2) is 12.7 Å². The van der Waals surface area contributed by atoms with Crippen molar-refractivity contribution < 1.29 is 13.2 Å². The van der Waals surface area contributed by atoms with Gasteiger partial charge in [-0.1, -0.05) is 42.5 Å². The third-order valence-electron chi connectivity index (χ3n) is 5.22. The van der Waals surface area contributed by atoms with Crippen molar-refractivity contribution in [3.63, 3.8) is 0 Å². The molecule has 1 amide bonds. The van der Waals surface area contributed by atoms with Gasteiger partial charge in [0.05, 0.1) is 28.9 Å². The normalized spacial score (nSPS) is 16.1. The van der Waals surface area contributed by atoms with E-state index in [4.69, 9.17) is 0 Å². The minimum Gasteiger partial charge on any atom is -0.375 e. The molecule has 3 aromatic rings. The van der Waals surface area contributed by atoms with E-state index < -0.39 is 10.0 Å². The predicted octanol–water partition coefficient (Wildman–Crippen LogP) is 3.75. The monoisotopic (exact) mass is 421 g/mol. The Balaban J connectivity index is 1.67. The molecule has 0 spiro atoms. The molecule has 1 aliphatic heterocycles. The number of anilines is 2. The van der Waals surface area contributed by atoms with Crippen molar-refractivity contribution in [1.82, 2.24) is 4.31 Å². The highest BCUT2D eigenvalue weighted by Gasteiger charge is 2.29. The van der Waals surface area contributed by atoms with E-state index in [2.05, 4.69) is 5.32 Å². The molecule has 30 heavy (non-hydrogen) atoms. The fourth-order valence-electron chi connectivity index (χ4n) is 3.55. The van der Waals surface area contributed by atoms with Gasteiger partial charge in [0.2, 0.25) is 10.0 Å². The highest BCUT2D eigenvalue weighted by molar-refractivity contribution is 7.89. The molecule has 0 aromatic heterocycles. The van der Waals surface area contributed by atoms with Crippen molar-refractivity contribution in [2.24, 2.45) is 0 Å². The van der Waals surface area contributed by atoms with Crippen LogP contribution in [0.2, 0.25) is 0 Å². The van der Waals surface area contributed by atoms with Crippen molar-refractivity contribution in [2.45, 2.75) is 10.9 Å². The Bertz CT molecular complexity index is 1160. The molecule has 1 heterocycles. The summed E-state index contributed by atoms with van der Waals surface area (Å²) >= 11 is 0. The summed E-state index contributed by atoms with van der Waals surface area (Å²) in [5.41, 5.74) is 3.23. The molecule has 0 bridgehead atoms. The third kappa shape index (κ3) is 3.69. The molecule has 0 radical (unpaired) electrons. The van der Waals surface area contributed by atoms with Crippen LogP contribution in [0.3, 0.4) is 0 Å². The van der Waals surface area contributed by atoms with E-state index in [1.807, 2.05) is 54.6 Å². The van der Waals surface area contributed by atoms with E-state index in [-0.39, 0.29) is 16.8 Å². The maximum atomic E-state index is 13.4. The predicted molar refractivity (Wildman–Crippen MR) is 118 cm³/mol. The lowest BCUT2D eigenvalue weighted by Crippen LogP contribution is -2.40. The smallest absolute Gasteiger partial charge is 0.258 e. The second-order valence-corrected chi connectivity index (χ2v) is 9.50. The standard InChI is InChI=1S/C23H23N3O3S/c1-25(2)30(28,29)19-14-12-18(13-15-19)23(27)26-16-21(17-8-4-3-5-9-17)24-20-10-6-7-11-22(20)26/h3-15,21,24H,16H2,1-2H3. The topological polar surface area (TPSA) is 69.7 Å². The summed E-state index contributed by atoms with van der Waals surface area (Å²) in [6.07, 6.45) is 0. The lowest BCUT2D eigenvalue weighted by molar-refractivity contribution is 0.0985. The lowest BCUT2D eigenvalue weighted by Gasteiger charge is -2.36. The first-order chi connectivity index (χ1) is 14.4. The number of rotatable bonds is 4. The summed E-state index contributed by atoms with van der Waals surface area (Å²) in [5.74, 6) is -0.168. The van der Waals surface area contributed by atoms with Crippen LogP contribution in [0.1, 0.15) is 22.0 Å². The fraction of sp³-hybridized carbons (Fsp3) is 0.174. The van der Waals surface area contributed by atoms with Crippen LogP contribution in [-0.4, -0.2) is 39.3 Å². The largest absolute Gasteiger partial charge is 0.375 e. The van der Waals surface area contributed by atoms with E-state index in [0.29, 0.717) is 12.1 Å². The molecule has 1 aliphatic rings. The second kappa shape index (κ2) is 7.93. The Kier molecular flexibility index (Phi) is 5.32. The molecule has 1 atom stereocenters. The average Bonchev–Trinajstić information content (AvgIpc) is 2.78. The van der Waals surface area contributed by atoms with Crippen LogP contribution in [-0.2, 0) is 10.0 Å². The van der Waals surface area contributed by atoms with Gasteiger partial charge in [0.1, 0.15) is 0 Å². The van der Waals surface area contributed by atoms with E-state index in [1.165, 1.54) is 26.2 Å². The Labute approximate surface area is 176 Å². The van der Waals surface area contributed by atoms with Gasteiger partial charge in [0.25, 0.3) is 5.91 Å². The van der Waals surface area contributed by atoms with Gasteiger partial charge in [0.15, 0.2) is 0 Å². The summed E-state index contributed by atoms with van der Waals surface area (Å²) in [5, 5.41) is 3.51. The van der Waals surface area contributed by atoms with Crippen molar-refractivity contribution in [3.8, 4) is 0 Å². The number of carbonyl (C=O) groups is 1. The zero-order valence-electron chi connectivity index (χ0n) is 16.8. The SMILES string of the molecule is CN(C)S(=O)(=O)c1ccc(C(=O)N2CC(c3ccccc3)Nc3ccccc32)cc1. The van der Waals surface area contributed by atoms with Crippen molar-refractivity contribution >= 4 is 27.3 Å². The summed E-state index contributed by atoms with van der Waals surface area (Å²) < 4.78 is 25.8. The summed E-state index contributed by atoms with van der Waals surface area (Å²) in [6, 6.07) is 23.7. The maximum absolute atomic E-state index is 13.4. The van der Waals surface area contributed by atoms with Crippen LogP contribution < -0.4 is 10.2 Å². The zero-order chi connectivity index (χ0) is 21.3. The molecule has 4 rings (SSSR count). The number of nitrogens with zero attached hydrogens (tertiary/aromatic N) is 2. The molecule has 7 heteroatoms. The maximum Gasteiger partial charge on any atom is 0.258 e. The van der Waals surface area contributed by atoms with Crippen LogP contribution in [0, 0.1) is 0 Å². The number of fused-ring (bicyclic) bond motifs is 1. The quantitative estimate of drug-likeness (QED) is 0.697. The van der Waals surface area contributed by atoms with Gasteiger partial charge in [-0.2, -0.15) is 0 Å². The number of sulfonamides is 1. The molecule has 6 nitrogen and oxygen atoms in total. The number of nitrogens with one attached hydrogen (secondary N) is 1. The van der Waals surface area contributed by atoms with Gasteiger partial charge in [-0.3, -0.25) is 4.79 Å². The van der Waals surface area contributed by atoms with Crippen LogP contribution in [0.15, 0.2) is 83.8 Å². The number of benzene rings is 3. The van der Waals surface area contributed by atoms with E-state index in [0.717, 1.165) is 21.2 Å². The van der Waals surface area contributed by atoms with Gasteiger partial charge >= 0.3 is 0 Å². The number of hydrogen-bond acceptors (Lipinski definition) is 4. The highest BCUT2D eigenvalue weighted by atomic mass is 32.2. The molecule has 3 aromatic carbocycles. The highest BCUT2D eigenvalue weighted by Crippen LogP contribution is 2.36. The zero-order valence-corrected chi connectivity index (χ0v) is 17.6. The summed E-state index contributed by atoms with van der Waals surface area (Å²) in [4.78, 5) is 15.3. The first-order valence-electron chi connectivity index (χ1n) is 9.63. The Morgan fingerprint density at radius 1 is 0.933 bits per heavy atom. The molecule has 0 saturated carbocycles. The summed E-state index contributed by atoms with van der Waals surface area (Å²) in [7, 11) is -0.575. The van der Waals surface area contributed by atoms with Gasteiger partial charge in [0, 0.05) is 19.7 Å². The third-order valence-corrected chi connectivity index (χ3v) is 7.05. The molecule has 1 unspecified atom stereocenters. The summed E-state index contributed by atoms with van der Waals surface area (Å²) in [6.45, 7) is 0.470.